The van der Waals surface area contributed by atoms with Gasteiger partial charge in [-0.25, -0.2) is 0 Å². The Labute approximate surface area is 137 Å². The molecule has 1 aromatic carbocycles. The summed E-state index contributed by atoms with van der Waals surface area (Å²) in [4.78, 5) is 2.36. The monoisotopic (exact) mass is 315 g/mol. The Kier molecular flexibility index (Phi) is 5.31. The van der Waals surface area contributed by atoms with Crippen LogP contribution in [0.4, 0.5) is 0 Å². The number of aliphatic hydroxyl groups excluding tert-OH is 1. The molecule has 0 aliphatic carbocycles. The summed E-state index contributed by atoms with van der Waals surface area (Å²) in [5.41, 5.74) is 0.949. The van der Waals surface area contributed by atoms with Gasteiger partial charge in [-0.1, -0.05) is 12.1 Å². The molecular weight excluding hydrogens is 290 g/mol. The van der Waals surface area contributed by atoms with E-state index in [4.69, 9.17) is 4.74 Å². The Morgan fingerprint density at radius 2 is 2.00 bits per heavy atom. The van der Waals surface area contributed by atoms with E-state index in [0.29, 0.717) is 12.5 Å². The second-order valence-corrected chi connectivity index (χ2v) is 6.26. The van der Waals surface area contributed by atoms with E-state index in [-0.39, 0.29) is 0 Å². The number of hydrogen-bond donors (Lipinski definition) is 1. The molecule has 0 amide bonds. The van der Waals surface area contributed by atoms with Gasteiger partial charge in [-0.3, -0.25) is 4.68 Å². The van der Waals surface area contributed by atoms with E-state index < -0.39 is 6.10 Å². The third-order valence-corrected chi connectivity index (χ3v) is 4.64. The molecule has 23 heavy (non-hydrogen) atoms. The molecule has 1 aliphatic heterocycles. The van der Waals surface area contributed by atoms with Crippen LogP contribution in [-0.2, 0) is 6.54 Å². The first-order chi connectivity index (χ1) is 11.2. The van der Waals surface area contributed by atoms with Crippen LogP contribution < -0.4 is 4.74 Å². The zero-order chi connectivity index (χ0) is 16.1. The molecule has 124 valence electrons. The molecule has 1 unspecified atom stereocenters. The van der Waals surface area contributed by atoms with Crippen LogP contribution in [0.25, 0.3) is 0 Å². The number of likely N-dealkylation sites (tertiary alicyclic amines) is 1. The van der Waals surface area contributed by atoms with Gasteiger partial charge in [0.1, 0.15) is 5.75 Å². The zero-order valence-electron chi connectivity index (χ0n) is 13.6. The van der Waals surface area contributed by atoms with Gasteiger partial charge in [0.05, 0.1) is 13.2 Å². The molecular formula is C18H25N3O2. The van der Waals surface area contributed by atoms with Crippen molar-refractivity contribution in [1.82, 2.24) is 14.7 Å². The Hall–Kier alpha value is -1.85. The average Bonchev–Trinajstić information content (AvgIpc) is 3.10. The van der Waals surface area contributed by atoms with Crippen molar-refractivity contribution in [2.75, 3.05) is 26.7 Å². The summed E-state index contributed by atoms with van der Waals surface area (Å²) in [5.74, 6) is 1.50. The number of rotatable bonds is 6. The van der Waals surface area contributed by atoms with Crippen molar-refractivity contribution in [3.05, 3.63) is 48.3 Å². The maximum atomic E-state index is 10.4. The number of hydrogen-bond acceptors (Lipinski definition) is 4. The topological polar surface area (TPSA) is 50.5 Å². The van der Waals surface area contributed by atoms with E-state index in [2.05, 4.69) is 10.00 Å². The quantitative estimate of drug-likeness (QED) is 0.889. The number of aliphatic hydroxyl groups is 1. The lowest BCUT2D eigenvalue weighted by Gasteiger charge is -2.33. The van der Waals surface area contributed by atoms with Crippen molar-refractivity contribution < 1.29 is 9.84 Å². The molecule has 1 atom stereocenters. The normalized spacial score (nSPS) is 18.0. The first-order valence-electron chi connectivity index (χ1n) is 8.26. The van der Waals surface area contributed by atoms with Crippen LogP contribution in [-0.4, -0.2) is 46.5 Å². The summed E-state index contributed by atoms with van der Waals surface area (Å²) in [5, 5.41) is 14.7. The number of piperidine rings is 1. The van der Waals surface area contributed by atoms with Crippen LogP contribution in [0, 0.1) is 5.92 Å². The molecule has 0 radical (unpaired) electrons. The van der Waals surface area contributed by atoms with E-state index >= 15 is 0 Å². The van der Waals surface area contributed by atoms with Gasteiger partial charge in [0.2, 0.25) is 0 Å². The van der Waals surface area contributed by atoms with Crippen molar-refractivity contribution in [1.29, 1.82) is 0 Å². The van der Waals surface area contributed by atoms with Crippen molar-refractivity contribution in [2.24, 2.45) is 5.92 Å². The predicted octanol–water partition coefficient (Wildman–Crippen LogP) is 2.34. The van der Waals surface area contributed by atoms with E-state index in [1.54, 1.807) is 7.11 Å². The highest BCUT2D eigenvalue weighted by Crippen LogP contribution is 2.23. The van der Waals surface area contributed by atoms with Crippen molar-refractivity contribution in [2.45, 2.75) is 25.5 Å². The first kappa shape index (κ1) is 16.0. The molecule has 5 nitrogen and oxygen atoms in total. The van der Waals surface area contributed by atoms with E-state index in [1.165, 1.54) is 0 Å². The zero-order valence-corrected chi connectivity index (χ0v) is 13.6. The summed E-state index contributed by atoms with van der Waals surface area (Å²) in [6, 6.07) is 9.64. The van der Waals surface area contributed by atoms with Crippen LogP contribution in [0.5, 0.6) is 5.75 Å². The number of ether oxygens (including phenoxy) is 1. The number of benzene rings is 1. The highest BCUT2D eigenvalue weighted by Gasteiger charge is 2.22. The minimum Gasteiger partial charge on any atom is -0.497 e. The van der Waals surface area contributed by atoms with Gasteiger partial charge >= 0.3 is 0 Å². The second kappa shape index (κ2) is 7.62. The van der Waals surface area contributed by atoms with E-state index in [1.807, 2.05) is 47.4 Å². The lowest BCUT2D eigenvalue weighted by molar-refractivity contribution is 0.0860. The predicted molar refractivity (Wildman–Crippen MR) is 89.3 cm³/mol. The van der Waals surface area contributed by atoms with Gasteiger partial charge in [0, 0.05) is 25.5 Å². The van der Waals surface area contributed by atoms with Crippen molar-refractivity contribution in [3.8, 4) is 5.75 Å². The van der Waals surface area contributed by atoms with Crippen LogP contribution >= 0.6 is 0 Å². The standard InChI is InChI=1S/C18H25N3O2/c1-23-17-5-3-16(4-6-17)18(22)14-20-11-7-15(8-12-20)13-21-10-2-9-19-21/h2-6,9-10,15,18,22H,7-8,11-14H2,1H3. The molecule has 2 aromatic rings. The number of methoxy groups -OCH3 is 1. The molecule has 1 aromatic heterocycles. The molecule has 0 spiro atoms. The maximum absolute atomic E-state index is 10.4. The number of β-amino-alcohol motifs (C(OH)–C–C–N with tert-alkyl or cyclic N) is 1. The second-order valence-electron chi connectivity index (χ2n) is 6.26. The Morgan fingerprint density at radius 3 is 2.61 bits per heavy atom. The SMILES string of the molecule is COc1ccc(C(O)CN2CCC(Cn3cccn3)CC2)cc1. The Bertz CT molecular complexity index is 575. The first-order valence-corrected chi connectivity index (χ1v) is 8.26. The highest BCUT2D eigenvalue weighted by molar-refractivity contribution is 5.28. The minimum absolute atomic E-state index is 0.441. The average molecular weight is 315 g/mol. The lowest BCUT2D eigenvalue weighted by atomic mass is 9.96. The highest BCUT2D eigenvalue weighted by atomic mass is 16.5. The van der Waals surface area contributed by atoms with Crippen molar-refractivity contribution in [3.63, 3.8) is 0 Å². The van der Waals surface area contributed by atoms with Crippen LogP contribution in [0.2, 0.25) is 0 Å². The third kappa shape index (κ3) is 4.33. The number of nitrogens with zero attached hydrogens (tertiary/aromatic N) is 3. The molecule has 2 heterocycles. The Balaban J connectivity index is 1.46. The summed E-state index contributed by atoms with van der Waals surface area (Å²) in [6.07, 6.45) is 5.74. The van der Waals surface area contributed by atoms with Gasteiger partial charge in [0.25, 0.3) is 0 Å². The lowest BCUT2D eigenvalue weighted by Crippen LogP contribution is -2.37. The molecule has 1 aliphatic rings. The Morgan fingerprint density at radius 1 is 1.26 bits per heavy atom. The summed E-state index contributed by atoms with van der Waals surface area (Å²) in [7, 11) is 1.65. The van der Waals surface area contributed by atoms with Crippen molar-refractivity contribution >= 4 is 0 Å². The fraction of sp³-hybridized carbons (Fsp3) is 0.500. The smallest absolute Gasteiger partial charge is 0.118 e. The fourth-order valence-corrected chi connectivity index (χ4v) is 3.20. The molecule has 5 heteroatoms. The molecule has 1 fully saturated rings. The molecule has 3 rings (SSSR count). The summed E-state index contributed by atoms with van der Waals surface area (Å²) < 4.78 is 7.17. The molecule has 1 saturated heterocycles. The summed E-state index contributed by atoms with van der Waals surface area (Å²) in [6.45, 7) is 3.78. The largest absolute Gasteiger partial charge is 0.497 e. The van der Waals surface area contributed by atoms with Crippen LogP contribution in [0.15, 0.2) is 42.7 Å². The molecule has 0 saturated carbocycles. The maximum Gasteiger partial charge on any atom is 0.118 e. The van der Waals surface area contributed by atoms with Crippen LogP contribution in [0.1, 0.15) is 24.5 Å². The molecule has 1 N–H and O–H groups in total. The van der Waals surface area contributed by atoms with Gasteiger partial charge in [-0.15, -0.1) is 0 Å². The van der Waals surface area contributed by atoms with E-state index in [9.17, 15) is 5.11 Å². The van der Waals surface area contributed by atoms with Gasteiger partial charge in [-0.05, 0) is 55.6 Å². The minimum atomic E-state index is -0.441. The van der Waals surface area contributed by atoms with Crippen LogP contribution in [0.3, 0.4) is 0 Å². The van der Waals surface area contributed by atoms with E-state index in [0.717, 1.165) is 43.8 Å². The number of aromatic nitrogens is 2. The summed E-state index contributed by atoms with van der Waals surface area (Å²) >= 11 is 0. The van der Waals surface area contributed by atoms with Gasteiger partial charge in [-0.2, -0.15) is 5.10 Å². The third-order valence-electron chi connectivity index (χ3n) is 4.64. The van der Waals surface area contributed by atoms with Gasteiger partial charge in [0.15, 0.2) is 0 Å². The fourth-order valence-electron chi connectivity index (χ4n) is 3.20. The molecule has 0 bridgehead atoms. The van der Waals surface area contributed by atoms with Gasteiger partial charge < -0.3 is 14.7 Å².